The summed E-state index contributed by atoms with van der Waals surface area (Å²) in [6.45, 7) is 2.05. The molecule has 0 aliphatic carbocycles. The summed E-state index contributed by atoms with van der Waals surface area (Å²) in [6, 6.07) is 9.70. The molecule has 1 heterocycles. The van der Waals surface area contributed by atoms with Crippen LogP contribution in [0, 0.1) is 0 Å². The van der Waals surface area contributed by atoms with Crippen LogP contribution in [-0.4, -0.2) is 49.0 Å². The Bertz CT molecular complexity index is 1220. The number of unbranched alkanes of at least 4 members (excludes halogenated alkanes) is 1. The quantitative estimate of drug-likeness (QED) is 0.156. The molecule has 0 aromatic heterocycles. The molecule has 1 fully saturated rings. The Morgan fingerprint density at radius 3 is 2.00 bits per heavy atom. The molecule has 1 aliphatic heterocycles. The molecular formula is C22H23F9O3S3. The van der Waals surface area contributed by atoms with E-state index in [1.165, 1.54) is 12.1 Å². The van der Waals surface area contributed by atoms with Crippen LogP contribution in [0.2, 0.25) is 0 Å². The van der Waals surface area contributed by atoms with Gasteiger partial charge in [-0.05, 0) is 60.1 Å². The standard InChI is InChI=1S/C22H23F9O3S3/c1-2-3-10-35-17-8-6-16-14-18(9-7-15(16)13-17)36(11-4-5-12-36)34-37(32,33)22(30,31)20(25,26)19(23,24)21(27,28)29/h6-9,13-14H,2-5,10-12H2,1H3. The highest BCUT2D eigenvalue weighted by Crippen LogP contribution is 2.65. The fourth-order valence-electron chi connectivity index (χ4n) is 3.70. The second kappa shape index (κ2) is 10.3. The van der Waals surface area contributed by atoms with Gasteiger partial charge in [-0.2, -0.15) is 47.9 Å². The molecule has 0 saturated carbocycles. The molecule has 1 aliphatic rings. The minimum Gasteiger partial charge on any atom is -0.211 e. The van der Waals surface area contributed by atoms with Gasteiger partial charge in [0.2, 0.25) is 0 Å². The molecule has 3 rings (SSSR count). The van der Waals surface area contributed by atoms with Gasteiger partial charge in [0.05, 0.1) is 0 Å². The Morgan fingerprint density at radius 2 is 1.43 bits per heavy atom. The number of hydrogen-bond acceptors (Lipinski definition) is 4. The molecule has 3 nitrogen and oxygen atoms in total. The number of hydrogen-bond donors (Lipinski definition) is 0. The van der Waals surface area contributed by atoms with Gasteiger partial charge in [-0.3, -0.25) is 0 Å². The Labute approximate surface area is 213 Å². The van der Waals surface area contributed by atoms with E-state index in [0.29, 0.717) is 10.8 Å². The van der Waals surface area contributed by atoms with E-state index >= 15 is 0 Å². The fraction of sp³-hybridized carbons (Fsp3) is 0.545. The SMILES string of the molecule is CCCCSc1ccc2cc(S3(OS(=O)(=O)C(F)(F)C(F)(F)C(F)(F)C(F)(F)F)CCCC3)ccc2c1. The van der Waals surface area contributed by atoms with E-state index in [9.17, 15) is 47.9 Å². The Morgan fingerprint density at radius 1 is 0.865 bits per heavy atom. The Balaban J connectivity index is 1.98. The predicted octanol–water partition coefficient (Wildman–Crippen LogP) is 8.38. The third kappa shape index (κ3) is 5.42. The molecular weight excluding hydrogens is 579 g/mol. The van der Waals surface area contributed by atoms with Crippen molar-refractivity contribution in [2.75, 3.05) is 17.3 Å². The van der Waals surface area contributed by atoms with Crippen molar-refractivity contribution in [3.8, 4) is 0 Å². The van der Waals surface area contributed by atoms with Crippen LogP contribution in [0.25, 0.3) is 10.8 Å². The summed E-state index contributed by atoms with van der Waals surface area (Å²) < 4.78 is 150. The number of fused-ring (bicyclic) bond motifs is 1. The van der Waals surface area contributed by atoms with Gasteiger partial charge in [-0.25, -0.2) is 3.63 Å². The lowest BCUT2D eigenvalue weighted by atomic mass is 10.1. The van der Waals surface area contributed by atoms with Crippen molar-refractivity contribution in [3.63, 3.8) is 0 Å². The van der Waals surface area contributed by atoms with Gasteiger partial charge in [-0.15, -0.1) is 11.8 Å². The van der Waals surface area contributed by atoms with Gasteiger partial charge in [0.15, 0.2) is 0 Å². The van der Waals surface area contributed by atoms with Crippen LogP contribution in [0.4, 0.5) is 39.5 Å². The molecule has 37 heavy (non-hydrogen) atoms. The minimum atomic E-state index is -7.34. The van der Waals surface area contributed by atoms with Crippen LogP contribution in [0.5, 0.6) is 0 Å². The van der Waals surface area contributed by atoms with Gasteiger partial charge in [0, 0.05) is 21.3 Å². The van der Waals surface area contributed by atoms with Crippen molar-refractivity contribution in [3.05, 3.63) is 36.4 Å². The molecule has 15 heteroatoms. The average molecular weight is 603 g/mol. The van der Waals surface area contributed by atoms with E-state index in [2.05, 4.69) is 3.63 Å². The minimum absolute atomic E-state index is 0.0779. The van der Waals surface area contributed by atoms with E-state index in [-0.39, 0.29) is 29.2 Å². The highest BCUT2D eigenvalue weighted by Gasteiger charge is 2.86. The first-order valence-corrected chi connectivity index (χ1v) is 15.3. The van der Waals surface area contributed by atoms with Gasteiger partial charge in [0.1, 0.15) is 0 Å². The third-order valence-corrected chi connectivity index (χ3v) is 12.6. The first-order valence-electron chi connectivity index (χ1n) is 11.0. The van der Waals surface area contributed by atoms with Crippen LogP contribution in [0.15, 0.2) is 46.2 Å². The maximum atomic E-state index is 14.3. The first-order chi connectivity index (χ1) is 16.9. The summed E-state index contributed by atoms with van der Waals surface area (Å²) in [6.07, 6.45) is -4.64. The van der Waals surface area contributed by atoms with Gasteiger partial charge < -0.3 is 0 Å². The lowest BCUT2D eigenvalue weighted by Crippen LogP contribution is -2.63. The first kappa shape index (κ1) is 30.2. The summed E-state index contributed by atoms with van der Waals surface area (Å²) in [5, 5.41) is -5.61. The van der Waals surface area contributed by atoms with Crippen LogP contribution in [0.1, 0.15) is 32.6 Å². The van der Waals surface area contributed by atoms with Crippen LogP contribution in [0.3, 0.4) is 0 Å². The topological polar surface area (TPSA) is 43.4 Å². The normalized spacial score (nSPS) is 18.3. The van der Waals surface area contributed by atoms with Crippen LogP contribution < -0.4 is 0 Å². The summed E-state index contributed by atoms with van der Waals surface area (Å²) >= 11 is 1.61. The fourth-order valence-corrected chi connectivity index (χ4v) is 10.4. The number of benzene rings is 2. The summed E-state index contributed by atoms with van der Waals surface area (Å²) in [5.41, 5.74) is 0. The molecule has 0 bridgehead atoms. The van der Waals surface area contributed by atoms with E-state index in [0.717, 1.165) is 23.5 Å². The maximum Gasteiger partial charge on any atom is 0.460 e. The van der Waals surface area contributed by atoms with Crippen LogP contribution in [-0.2, 0) is 13.7 Å². The molecule has 2 aromatic rings. The monoisotopic (exact) mass is 602 g/mol. The van der Waals surface area contributed by atoms with Crippen molar-refractivity contribution in [1.82, 2.24) is 0 Å². The second-order valence-electron chi connectivity index (χ2n) is 8.49. The molecule has 0 atom stereocenters. The summed E-state index contributed by atoms with van der Waals surface area (Å²) in [7, 11) is -10.2. The number of thioether (sulfide) groups is 1. The lowest BCUT2D eigenvalue weighted by Gasteiger charge is -2.38. The van der Waals surface area contributed by atoms with Crippen molar-refractivity contribution in [2.45, 2.75) is 65.7 Å². The molecule has 0 spiro atoms. The van der Waals surface area contributed by atoms with Gasteiger partial charge in [0.25, 0.3) is 0 Å². The van der Waals surface area contributed by atoms with Gasteiger partial charge >= 0.3 is 33.4 Å². The number of halogens is 9. The summed E-state index contributed by atoms with van der Waals surface area (Å²) in [5.74, 6) is -14.1. The average Bonchev–Trinajstić information content (AvgIpc) is 3.26. The van der Waals surface area contributed by atoms with Gasteiger partial charge in [-0.1, -0.05) is 35.8 Å². The van der Waals surface area contributed by atoms with Crippen LogP contribution >= 0.6 is 22.1 Å². The Kier molecular flexibility index (Phi) is 8.45. The molecule has 1 saturated heterocycles. The Hall–Kier alpha value is -1.32. The zero-order valence-electron chi connectivity index (χ0n) is 19.3. The van der Waals surface area contributed by atoms with Crippen molar-refractivity contribution >= 4 is 43.0 Å². The van der Waals surface area contributed by atoms with E-state index in [4.69, 9.17) is 0 Å². The predicted molar refractivity (Wildman–Crippen MR) is 125 cm³/mol. The van der Waals surface area contributed by atoms with E-state index in [1.807, 2.05) is 13.0 Å². The zero-order valence-corrected chi connectivity index (χ0v) is 21.7. The largest absolute Gasteiger partial charge is 0.460 e. The molecule has 0 amide bonds. The molecule has 0 N–H and O–H groups in total. The maximum absolute atomic E-state index is 14.3. The van der Waals surface area contributed by atoms with E-state index < -0.39 is 43.7 Å². The highest BCUT2D eigenvalue weighted by atomic mass is 32.3. The van der Waals surface area contributed by atoms with Crippen molar-refractivity contribution < 1.29 is 51.6 Å². The third-order valence-electron chi connectivity index (χ3n) is 5.83. The highest BCUT2D eigenvalue weighted by molar-refractivity contribution is 8.33. The smallest absolute Gasteiger partial charge is 0.211 e. The van der Waals surface area contributed by atoms with E-state index in [1.54, 1.807) is 30.0 Å². The number of rotatable bonds is 10. The molecule has 0 unspecified atom stereocenters. The van der Waals surface area contributed by atoms with Crippen molar-refractivity contribution in [1.29, 1.82) is 0 Å². The van der Waals surface area contributed by atoms with Crippen molar-refractivity contribution in [2.24, 2.45) is 0 Å². The zero-order chi connectivity index (χ0) is 27.9. The summed E-state index contributed by atoms with van der Waals surface area (Å²) in [4.78, 5) is 1.03. The number of alkyl halides is 9. The second-order valence-corrected chi connectivity index (χ2v) is 14.5. The lowest BCUT2D eigenvalue weighted by molar-refractivity contribution is -0.382. The molecule has 2 aromatic carbocycles. The molecule has 210 valence electrons. The molecule has 0 radical (unpaired) electrons.